The van der Waals surface area contributed by atoms with Crippen molar-refractivity contribution in [2.24, 2.45) is 0 Å². The van der Waals surface area contributed by atoms with Crippen molar-refractivity contribution in [3.8, 4) is 0 Å². The van der Waals surface area contributed by atoms with Crippen LogP contribution in [0.4, 0.5) is 11.5 Å². The number of hydrogen-bond donors (Lipinski definition) is 0. The lowest BCUT2D eigenvalue weighted by molar-refractivity contribution is -0.385. The quantitative estimate of drug-likeness (QED) is 0.524. The van der Waals surface area contributed by atoms with E-state index >= 15 is 0 Å². The molecule has 4 rings (SSSR count). The summed E-state index contributed by atoms with van der Waals surface area (Å²) in [6.45, 7) is 2.73. The van der Waals surface area contributed by atoms with Crippen LogP contribution in [0.1, 0.15) is 25.3 Å². The van der Waals surface area contributed by atoms with Crippen molar-refractivity contribution >= 4 is 17.2 Å². The van der Waals surface area contributed by atoms with Gasteiger partial charge in [-0.05, 0) is 43.9 Å². The standard InChI is InChI=1S/C20H20N4O3/c1-20(14-15-8-3-2-4-9-15)11-7-13-23(20)18-17(24(26)27)19(25)22-12-6-5-10-16(22)21-18/h2-6,8-10,12H,7,11,13-14H2,1H3/t20-/m1/s1. The van der Waals surface area contributed by atoms with Gasteiger partial charge >= 0.3 is 11.2 Å². The normalized spacial score (nSPS) is 19.5. The molecule has 3 aromatic rings. The van der Waals surface area contributed by atoms with Gasteiger partial charge in [-0.3, -0.25) is 19.3 Å². The molecule has 7 heteroatoms. The molecule has 0 bridgehead atoms. The Balaban J connectivity index is 1.86. The highest BCUT2D eigenvalue weighted by Crippen LogP contribution is 2.38. The topological polar surface area (TPSA) is 80.8 Å². The molecular weight excluding hydrogens is 344 g/mol. The maximum Gasteiger partial charge on any atom is 0.376 e. The predicted molar refractivity (Wildman–Crippen MR) is 103 cm³/mol. The summed E-state index contributed by atoms with van der Waals surface area (Å²) in [5, 5.41) is 11.7. The zero-order valence-electron chi connectivity index (χ0n) is 15.0. The number of benzene rings is 1. The average molecular weight is 364 g/mol. The second-order valence-corrected chi connectivity index (χ2v) is 7.19. The van der Waals surface area contributed by atoms with E-state index in [4.69, 9.17) is 0 Å². The fourth-order valence-corrected chi connectivity index (χ4v) is 4.02. The molecular formula is C20H20N4O3. The molecule has 27 heavy (non-hydrogen) atoms. The van der Waals surface area contributed by atoms with E-state index in [1.165, 1.54) is 10.6 Å². The number of fused-ring (bicyclic) bond motifs is 1. The Morgan fingerprint density at radius 3 is 2.67 bits per heavy atom. The maximum atomic E-state index is 12.8. The smallest absolute Gasteiger partial charge is 0.345 e. The second kappa shape index (κ2) is 6.50. The molecule has 1 fully saturated rings. The second-order valence-electron chi connectivity index (χ2n) is 7.19. The molecule has 1 aromatic carbocycles. The fourth-order valence-electron chi connectivity index (χ4n) is 4.02. The number of nitro groups is 1. The Hall–Kier alpha value is -3.22. The minimum absolute atomic E-state index is 0.173. The fraction of sp³-hybridized carbons (Fsp3) is 0.300. The van der Waals surface area contributed by atoms with E-state index in [0.717, 1.165) is 24.8 Å². The maximum absolute atomic E-state index is 12.8. The van der Waals surface area contributed by atoms with Crippen LogP contribution in [0.25, 0.3) is 5.65 Å². The highest BCUT2D eigenvalue weighted by atomic mass is 16.6. The molecule has 7 nitrogen and oxygen atoms in total. The number of nitrogens with zero attached hydrogens (tertiary/aromatic N) is 4. The Morgan fingerprint density at radius 2 is 1.93 bits per heavy atom. The first-order chi connectivity index (χ1) is 13.0. The summed E-state index contributed by atoms with van der Waals surface area (Å²) < 4.78 is 1.23. The van der Waals surface area contributed by atoms with Crippen LogP contribution in [-0.4, -0.2) is 26.4 Å². The van der Waals surface area contributed by atoms with Gasteiger partial charge < -0.3 is 4.90 Å². The van der Waals surface area contributed by atoms with Gasteiger partial charge in [0.05, 0.1) is 4.92 Å². The summed E-state index contributed by atoms with van der Waals surface area (Å²) in [5.74, 6) is 0.173. The lowest BCUT2D eigenvalue weighted by Crippen LogP contribution is -2.44. The van der Waals surface area contributed by atoms with Crippen LogP contribution in [0.3, 0.4) is 0 Å². The number of pyridine rings is 1. The molecule has 3 heterocycles. The molecule has 0 aliphatic carbocycles. The average Bonchev–Trinajstić information content (AvgIpc) is 3.03. The number of rotatable bonds is 4. The zero-order valence-corrected chi connectivity index (χ0v) is 15.0. The molecule has 0 saturated carbocycles. The molecule has 1 aliphatic heterocycles. The van der Waals surface area contributed by atoms with Gasteiger partial charge in [-0.25, -0.2) is 4.98 Å². The van der Waals surface area contributed by atoms with E-state index < -0.39 is 16.2 Å². The van der Waals surface area contributed by atoms with Gasteiger partial charge in [0.1, 0.15) is 5.65 Å². The van der Waals surface area contributed by atoms with E-state index in [1.807, 2.05) is 23.1 Å². The molecule has 1 aliphatic rings. The molecule has 2 aromatic heterocycles. The van der Waals surface area contributed by atoms with Crippen LogP contribution in [0.2, 0.25) is 0 Å². The lowest BCUT2D eigenvalue weighted by Gasteiger charge is -2.36. The van der Waals surface area contributed by atoms with Crippen LogP contribution < -0.4 is 10.5 Å². The SMILES string of the molecule is C[C@]1(Cc2ccccc2)CCCN1c1nc2ccccn2c(=O)c1[N+](=O)[O-]. The van der Waals surface area contributed by atoms with Crippen LogP contribution in [-0.2, 0) is 6.42 Å². The van der Waals surface area contributed by atoms with Gasteiger partial charge in [-0.1, -0.05) is 36.4 Å². The lowest BCUT2D eigenvalue weighted by atomic mass is 9.90. The zero-order chi connectivity index (χ0) is 19.0. The van der Waals surface area contributed by atoms with Gasteiger partial charge in [0.25, 0.3) is 0 Å². The molecule has 1 saturated heterocycles. The number of hydrogen-bond acceptors (Lipinski definition) is 5. The molecule has 0 N–H and O–H groups in total. The van der Waals surface area contributed by atoms with Crippen LogP contribution in [0.15, 0.2) is 59.5 Å². The Bertz CT molecular complexity index is 1060. The largest absolute Gasteiger partial charge is 0.376 e. The van der Waals surface area contributed by atoms with Gasteiger partial charge in [-0.2, -0.15) is 0 Å². The molecule has 138 valence electrons. The Morgan fingerprint density at radius 1 is 1.19 bits per heavy atom. The van der Waals surface area contributed by atoms with E-state index in [2.05, 4.69) is 24.0 Å². The van der Waals surface area contributed by atoms with E-state index in [0.29, 0.717) is 12.2 Å². The first kappa shape index (κ1) is 17.2. The highest BCUT2D eigenvalue weighted by molar-refractivity contribution is 5.63. The van der Waals surface area contributed by atoms with Crippen molar-refractivity contribution in [1.82, 2.24) is 9.38 Å². The van der Waals surface area contributed by atoms with Crippen LogP contribution in [0.5, 0.6) is 0 Å². The van der Waals surface area contributed by atoms with Crippen molar-refractivity contribution < 1.29 is 4.92 Å². The molecule has 0 radical (unpaired) electrons. The third-order valence-electron chi connectivity index (χ3n) is 5.31. The third kappa shape index (κ3) is 2.95. The summed E-state index contributed by atoms with van der Waals surface area (Å²) in [7, 11) is 0. The predicted octanol–water partition coefficient (Wildman–Crippen LogP) is 3.20. The Labute approximate surface area is 156 Å². The molecule has 1 atom stereocenters. The van der Waals surface area contributed by atoms with Gasteiger partial charge in [0.2, 0.25) is 5.82 Å². The first-order valence-corrected chi connectivity index (χ1v) is 8.97. The highest BCUT2D eigenvalue weighted by Gasteiger charge is 2.41. The minimum Gasteiger partial charge on any atom is -0.345 e. The van der Waals surface area contributed by atoms with Crippen molar-refractivity contribution in [2.45, 2.75) is 31.7 Å². The van der Waals surface area contributed by atoms with E-state index in [-0.39, 0.29) is 11.4 Å². The molecule has 0 spiro atoms. The summed E-state index contributed by atoms with van der Waals surface area (Å²) in [6, 6.07) is 15.2. The van der Waals surface area contributed by atoms with Crippen LogP contribution in [0, 0.1) is 10.1 Å². The third-order valence-corrected chi connectivity index (χ3v) is 5.31. The van der Waals surface area contributed by atoms with Gasteiger partial charge in [0, 0.05) is 18.3 Å². The number of anilines is 1. The monoisotopic (exact) mass is 364 g/mol. The van der Waals surface area contributed by atoms with E-state index in [9.17, 15) is 14.9 Å². The first-order valence-electron chi connectivity index (χ1n) is 8.97. The Kier molecular flexibility index (Phi) is 4.14. The van der Waals surface area contributed by atoms with Crippen molar-refractivity contribution in [3.05, 3.63) is 80.8 Å². The van der Waals surface area contributed by atoms with Crippen molar-refractivity contribution in [2.75, 3.05) is 11.4 Å². The van der Waals surface area contributed by atoms with Gasteiger partial charge in [-0.15, -0.1) is 0 Å². The number of aromatic nitrogens is 2. The summed E-state index contributed by atoms with van der Waals surface area (Å²) >= 11 is 0. The van der Waals surface area contributed by atoms with E-state index in [1.54, 1.807) is 18.2 Å². The summed E-state index contributed by atoms with van der Waals surface area (Å²) in [5.41, 5.74) is 0.136. The summed E-state index contributed by atoms with van der Waals surface area (Å²) in [4.78, 5) is 30.4. The molecule has 0 unspecified atom stereocenters. The van der Waals surface area contributed by atoms with Crippen LogP contribution >= 0.6 is 0 Å². The van der Waals surface area contributed by atoms with Crippen molar-refractivity contribution in [1.29, 1.82) is 0 Å². The minimum atomic E-state index is -0.644. The van der Waals surface area contributed by atoms with Crippen molar-refractivity contribution in [3.63, 3.8) is 0 Å². The molecule has 0 amide bonds. The van der Waals surface area contributed by atoms with Gasteiger partial charge in [0.15, 0.2) is 0 Å². The summed E-state index contributed by atoms with van der Waals surface area (Å²) in [6.07, 6.45) is 4.03.